The summed E-state index contributed by atoms with van der Waals surface area (Å²) in [4.78, 5) is 32.0. The summed E-state index contributed by atoms with van der Waals surface area (Å²) in [5, 5.41) is 1.71. The highest BCUT2D eigenvalue weighted by molar-refractivity contribution is 5.97. The molecule has 11 heteroatoms. The molecule has 2 heterocycles. The average Bonchev–Trinajstić information content (AvgIpc) is 3.64. The number of hydrogen-bond acceptors (Lipinski definition) is 7. The second-order valence-electron chi connectivity index (χ2n) is 11.5. The molecule has 4 aromatic carbocycles. The standard InChI is InChI=1S/C37H33F3N2O6/c1-23-31(41-34(48-23)25-12-15-27(16-13-25)37(38,39)40)18-19-46-32-17-14-26(29-10-6-7-11-30(29)32)21-33(45-2)35(43)42-28(22-47-36(42)44)20-24-8-4-3-5-9-24/h3-17,28,33H,18-22H2,1-2H3/t28-,33-/m0/s1. The van der Waals surface area contributed by atoms with E-state index in [0.29, 0.717) is 35.6 Å². The Hall–Kier alpha value is -5.16. The van der Waals surface area contributed by atoms with E-state index in [9.17, 15) is 22.8 Å². The van der Waals surface area contributed by atoms with Gasteiger partial charge in [0.05, 0.1) is 23.9 Å². The number of methoxy groups -OCH3 is 1. The van der Waals surface area contributed by atoms with Gasteiger partial charge >= 0.3 is 12.3 Å². The molecule has 1 aliphatic rings. The fourth-order valence-corrected chi connectivity index (χ4v) is 5.87. The zero-order valence-electron chi connectivity index (χ0n) is 26.3. The van der Waals surface area contributed by atoms with E-state index >= 15 is 0 Å². The van der Waals surface area contributed by atoms with E-state index in [1.165, 1.54) is 24.1 Å². The van der Waals surface area contributed by atoms with Gasteiger partial charge in [0.25, 0.3) is 5.91 Å². The lowest BCUT2D eigenvalue weighted by molar-refractivity contribution is -0.140. The van der Waals surface area contributed by atoms with Crippen molar-refractivity contribution in [2.45, 2.75) is 44.5 Å². The molecule has 2 atom stereocenters. The molecule has 248 valence electrons. The lowest BCUT2D eigenvalue weighted by Crippen LogP contribution is -2.47. The number of halogens is 3. The highest BCUT2D eigenvalue weighted by Crippen LogP contribution is 2.33. The number of carbonyl (C=O) groups is 2. The summed E-state index contributed by atoms with van der Waals surface area (Å²) >= 11 is 0. The molecule has 1 aliphatic heterocycles. The zero-order valence-corrected chi connectivity index (χ0v) is 26.3. The van der Waals surface area contributed by atoms with Crippen LogP contribution in [0.3, 0.4) is 0 Å². The Kier molecular flexibility index (Phi) is 9.49. The Balaban J connectivity index is 1.13. The van der Waals surface area contributed by atoms with Gasteiger partial charge in [-0.3, -0.25) is 4.79 Å². The first kappa shape index (κ1) is 32.8. The van der Waals surface area contributed by atoms with Crippen LogP contribution < -0.4 is 4.74 Å². The lowest BCUT2D eigenvalue weighted by Gasteiger charge is -2.24. The number of imide groups is 1. The molecule has 0 radical (unpaired) electrons. The van der Waals surface area contributed by atoms with Gasteiger partial charge in [-0.25, -0.2) is 14.7 Å². The molecule has 6 rings (SSSR count). The number of aromatic nitrogens is 1. The minimum Gasteiger partial charge on any atom is -0.493 e. The van der Waals surface area contributed by atoms with Crippen LogP contribution in [0.5, 0.6) is 5.75 Å². The minimum atomic E-state index is -4.42. The molecule has 0 unspecified atom stereocenters. The molecule has 0 saturated carbocycles. The number of carbonyl (C=O) groups excluding carboxylic acids is 2. The first-order valence-corrected chi connectivity index (χ1v) is 15.5. The van der Waals surface area contributed by atoms with Crippen LogP contribution in [0.25, 0.3) is 22.2 Å². The molecule has 0 bridgehead atoms. The molecule has 5 aromatic rings. The summed E-state index contributed by atoms with van der Waals surface area (Å²) in [6, 6.07) is 25.2. The van der Waals surface area contributed by atoms with E-state index < -0.39 is 35.9 Å². The van der Waals surface area contributed by atoms with Gasteiger partial charge in [-0.05, 0) is 60.2 Å². The van der Waals surface area contributed by atoms with Crippen LogP contribution in [0.4, 0.5) is 18.0 Å². The maximum Gasteiger partial charge on any atom is 0.417 e. The first-order chi connectivity index (χ1) is 23.1. The number of benzene rings is 4. The SMILES string of the molecule is CO[C@@H](Cc1ccc(OCCc2nc(-c3ccc(C(F)(F)F)cc3)oc2C)c2ccccc12)C(=O)N1C(=O)OC[C@@H]1Cc1ccccc1. The Bertz CT molecular complexity index is 1910. The summed E-state index contributed by atoms with van der Waals surface area (Å²) in [5.41, 5.74) is 2.18. The monoisotopic (exact) mass is 658 g/mol. The number of rotatable bonds is 11. The normalized spacial score (nSPS) is 15.5. The van der Waals surface area contributed by atoms with Crippen LogP contribution in [0.15, 0.2) is 95.4 Å². The molecule has 0 spiro atoms. The third-order valence-corrected chi connectivity index (χ3v) is 8.40. The predicted molar refractivity (Wildman–Crippen MR) is 171 cm³/mol. The first-order valence-electron chi connectivity index (χ1n) is 15.5. The molecule has 1 fully saturated rings. The van der Waals surface area contributed by atoms with Gasteiger partial charge in [0.1, 0.15) is 24.2 Å². The van der Waals surface area contributed by atoms with E-state index in [4.69, 9.17) is 18.6 Å². The van der Waals surface area contributed by atoms with Crippen LogP contribution in [-0.2, 0) is 39.7 Å². The molecule has 1 saturated heterocycles. The van der Waals surface area contributed by atoms with Crippen molar-refractivity contribution in [3.63, 3.8) is 0 Å². The quantitative estimate of drug-likeness (QED) is 0.144. The van der Waals surface area contributed by atoms with Gasteiger partial charge in [0.2, 0.25) is 5.89 Å². The van der Waals surface area contributed by atoms with Gasteiger partial charge in [0.15, 0.2) is 0 Å². The van der Waals surface area contributed by atoms with Crippen molar-refractivity contribution >= 4 is 22.8 Å². The Morgan fingerprint density at radius 2 is 1.69 bits per heavy atom. The van der Waals surface area contributed by atoms with Crippen molar-refractivity contribution < 1.29 is 41.4 Å². The average molecular weight is 659 g/mol. The number of fused-ring (bicyclic) bond motifs is 1. The predicted octanol–water partition coefficient (Wildman–Crippen LogP) is 7.59. The van der Waals surface area contributed by atoms with Crippen LogP contribution in [0.1, 0.15) is 28.1 Å². The molecule has 2 amide bonds. The number of alkyl halides is 3. The summed E-state index contributed by atoms with van der Waals surface area (Å²) < 4.78 is 61.7. The van der Waals surface area contributed by atoms with Gasteiger partial charge in [-0.1, -0.05) is 60.7 Å². The minimum absolute atomic E-state index is 0.120. The van der Waals surface area contributed by atoms with E-state index in [1.807, 2.05) is 66.7 Å². The number of nitrogens with zero attached hydrogens (tertiary/aromatic N) is 2. The summed E-state index contributed by atoms with van der Waals surface area (Å²) in [5.74, 6) is 0.965. The van der Waals surface area contributed by atoms with Gasteiger partial charge < -0.3 is 18.6 Å². The smallest absolute Gasteiger partial charge is 0.417 e. The maximum absolute atomic E-state index is 13.7. The van der Waals surface area contributed by atoms with Crippen LogP contribution in [0.2, 0.25) is 0 Å². The van der Waals surface area contributed by atoms with E-state index in [1.54, 1.807) is 6.92 Å². The van der Waals surface area contributed by atoms with Crippen LogP contribution in [0, 0.1) is 6.92 Å². The third-order valence-electron chi connectivity index (χ3n) is 8.40. The summed E-state index contributed by atoms with van der Waals surface area (Å²) in [7, 11) is 1.45. The second kappa shape index (κ2) is 13.9. The molecule has 0 N–H and O–H groups in total. The van der Waals surface area contributed by atoms with Crippen molar-refractivity contribution in [3.05, 3.63) is 119 Å². The maximum atomic E-state index is 13.7. The number of oxazole rings is 1. The molecular weight excluding hydrogens is 625 g/mol. The number of cyclic esters (lactones) is 1. The van der Waals surface area contributed by atoms with Crippen molar-refractivity contribution in [3.8, 4) is 17.2 Å². The number of amides is 2. The van der Waals surface area contributed by atoms with E-state index in [2.05, 4.69) is 4.98 Å². The summed E-state index contributed by atoms with van der Waals surface area (Å²) in [6.45, 7) is 2.14. The summed E-state index contributed by atoms with van der Waals surface area (Å²) in [6.07, 6.45) is -4.91. The second-order valence-corrected chi connectivity index (χ2v) is 11.5. The van der Waals surface area contributed by atoms with Crippen molar-refractivity contribution in [2.24, 2.45) is 0 Å². The van der Waals surface area contributed by atoms with E-state index in [-0.39, 0.29) is 25.5 Å². The topological polar surface area (TPSA) is 91.1 Å². The molecule has 0 aliphatic carbocycles. The lowest BCUT2D eigenvalue weighted by atomic mass is 9.98. The third kappa shape index (κ3) is 7.06. The molecule has 8 nitrogen and oxygen atoms in total. The number of aryl methyl sites for hydroxylation is 1. The fourth-order valence-electron chi connectivity index (χ4n) is 5.87. The Morgan fingerprint density at radius 3 is 2.40 bits per heavy atom. The highest BCUT2D eigenvalue weighted by Gasteiger charge is 2.41. The Morgan fingerprint density at radius 1 is 0.979 bits per heavy atom. The van der Waals surface area contributed by atoms with Crippen molar-refractivity contribution in [1.29, 1.82) is 0 Å². The number of hydrogen-bond donors (Lipinski definition) is 0. The highest BCUT2D eigenvalue weighted by atomic mass is 19.4. The zero-order chi connectivity index (χ0) is 33.8. The largest absolute Gasteiger partial charge is 0.493 e. The fraction of sp³-hybridized carbons (Fsp3) is 0.270. The van der Waals surface area contributed by atoms with E-state index in [0.717, 1.165) is 34.0 Å². The Labute approximate surface area is 275 Å². The molecule has 1 aromatic heterocycles. The van der Waals surface area contributed by atoms with Crippen LogP contribution >= 0.6 is 0 Å². The van der Waals surface area contributed by atoms with Gasteiger partial charge in [-0.2, -0.15) is 13.2 Å². The number of ether oxygens (including phenoxy) is 3. The molecule has 48 heavy (non-hydrogen) atoms. The van der Waals surface area contributed by atoms with Crippen LogP contribution in [-0.4, -0.2) is 54.4 Å². The van der Waals surface area contributed by atoms with Crippen molar-refractivity contribution in [1.82, 2.24) is 9.88 Å². The van der Waals surface area contributed by atoms with Crippen molar-refractivity contribution in [2.75, 3.05) is 20.3 Å². The van der Waals surface area contributed by atoms with Gasteiger partial charge in [-0.15, -0.1) is 0 Å². The van der Waals surface area contributed by atoms with Gasteiger partial charge in [0, 0.05) is 30.9 Å². The molecular formula is C37H33F3N2O6.